The molecule has 2 aromatic carbocycles. The molecule has 0 radical (unpaired) electrons. The zero-order valence-electron chi connectivity index (χ0n) is 10.7. The summed E-state index contributed by atoms with van der Waals surface area (Å²) in [6.07, 6.45) is 0. The van der Waals surface area contributed by atoms with E-state index in [4.69, 9.17) is 16.2 Å². The predicted octanol–water partition coefficient (Wildman–Crippen LogP) is 3.77. The van der Waals surface area contributed by atoms with Crippen molar-refractivity contribution in [1.29, 1.82) is 0 Å². The summed E-state index contributed by atoms with van der Waals surface area (Å²) in [5.41, 5.74) is 14.0. The van der Waals surface area contributed by atoms with Crippen molar-refractivity contribution in [3.63, 3.8) is 0 Å². The molecule has 94 valence electrons. The van der Waals surface area contributed by atoms with E-state index in [1.165, 1.54) is 0 Å². The lowest BCUT2D eigenvalue weighted by atomic mass is 10.0. The van der Waals surface area contributed by atoms with Crippen molar-refractivity contribution in [1.82, 2.24) is 0 Å². The van der Waals surface area contributed by atoms with E-state index in [0.29, 0.717) is 5.92 Å². The maximum absolute atomic E-state index is 5.87. The number of ether oxygens (including phenoxy) is 1. The van der Waals surface area contributed by atoms with Gasteiger partial charge in [0.05, 0.1) is 0 Å². The van der Waals surface area contributed by atoms with Gasteiger partial charge in [0, 0.05) is 11.4 Å². The molecule has 0 spiro atoms. The van der Waals surface area contributed by atoms with Crippen molar-refractivity contribution in [2.45, 2.75) is 19.8 Å². The Bertz CT molecular complexity index is 533. The SMILES string of the molecule is CC(C)c1cc(N)ccc1Oc1ccc(N)cc1. The van der Waals surface area contributed by atoms with Gasteiger partial charge in [-0.05, 0) is 53.9 Å². The van der Waals surface area contributed by atoms with Crippen molar-refractivity contribution in [2.75, 3.05) is 11.5 Å². The van der Waals surface area contributed by atoms with E-state index in [-0.39, 0.29) is 0 Å². The third kappa shape index (κ3) is 2.74. The monoisotopic (exact) mass is 242 g/mol. The molecule has 0 aliphatic carbocycles. The maximum atomic E-state index is 5.87. The highest BCUT2D eigenvalue weighted by Crippen LogP contribution is 2.32. The van der Waals surface area contributed by atoms with E-state index in [1.54, 1.807) is 0 Å². The van der Waals surface area contributed by atoms with Crippen LogP contribution in [0.3, 0.4) is 0 Å². The summed E-state index contributed by atoms with van der Waals surface area (Å²) in [5.74, 6) is 1.97. The minimum Gasteiger partial charge on any atom is -0.457 e. The Labute approximate surface area is 107 Å². The highest BCUT2D eigenvalue weighted by molar-refractivity contribution is 5.51. The predicted molar refractivity (Wildman–Crippen MR) is 75.9 cm³/mol. The van der Waals surface area contributed by atoms with Crippen molar-refractivity contribution >= 4 is 11.4 Å². The number of nitrogen functional groups attached to an aromatic ring is 2. The van der Waals surface area contributed by atoms with Gasteiger partial charge in [0.1, 0.15) is 11.5 Å². The number of benzene rings is 2. The zero-order chi connectivity index (χ0) is 13.1. The Morgan fingerprint density at radius 2 is 1.50 bits per heavy atom. The number of hydrogen-bond acceptors (Lipinski definition) is 3. The first-order valence-corrected chi connectivity index (χ1v) is 5.99. The van der Waals surface area contributed by atoms with Gasteiger partial charge in [0.2, 0.25) is 0 Å². The summed E-state index contributed by atoms with van der Waals surface area (Å²) in [7, 11) is 0. The van der Waals surface area contributed by atoms with E-state index in [9.17, 15) is 0 Å². The van der Waals surface area contributed by atoms with Crippen LogP contribution >= 0.6 is 0 Å². The van der Waals surface area contributed by atoms with Crippen LogP contribution in [0.1, 0.15) is 25.3 Å². The van der Waals surface area contributed by atoms with Crippen LogP contribution in [0.4, 0.5) is 11.4 Å². The van der Waals surface area contributed by atoms with Gasteiger partial charge in [-0.25, -0.2) is 0 Å². The fourth-order valence-electron chi connectivity index (χ4n) is 1.77. The average molecular weight is 242 g/mol. The number of anilines is 2. The molecule has 0 saturated heterocycles. The van der Waals surface area contributed by atoms with E-state index < -0.39 is 0 Å². The van der Waals surface area contributed by atoms with Crippen LogP contribution in [0.15, 0.2) is 42.5 Å². The molecule has 3 heteroatoms. The van der Waals surface area contributed by atoms with Crippen LogP contribution in [0.5, 0.6) is 11.5 Å². The Kier molecular flexibility index (Phi) is 3.42. The molecule has 0 aliphatic rings. The third-order valence-electron chi connectivity index (χ3n) is 2.76. The summed E-state index contributed by atoms with van der Waals surface area (Å²) >= 11 is 0. The van der Waals surface area contributed by atoms with Gasteiger partial charge in [0.25, 0.3) is 0 Å². The molecule has 0 aromatic heterocycles. The lowest BCUT2D eigenvalue weighted by molar-refractivity contribution is 0.473. The third-order valence-corrected chi connectivity index (χ3v) is 2.76. The fourth-order valence-corrected chi connectivity index (χ4v) is 1.77. The summed E-state index contributed by atoms with van der Waals surface area (Å²) in [5, 5.41) is 0. The van der Waals surface area contributed by atoms with Crippen molar-refractivity contribution in [3.05, 3.63) is 48.0 Å². The van der Waals surface area contributed by atoms with E-state index in [2.05, 4.69) is 13.8 Å². The average Bonchev–Trinajstić information content (AvgIpc) is 2.34. The van der Waals surface area contributed by atoms with E-state index in [0.717, 1.165) is 28.4 Å². The highest BCUT2D eigenvalue weighted by Gasteiger charge is 2.09. The largest absolute Gasteiger partial charge is 0.457 e. The molecular weight excluding hydrogens is 224 g/mol. The maximum Gasteiger partial charge on any atom is 0.131 e. The van der Waals surface area contributed by atoms with Crippen molar-refractivity contribution < 1.29 is 4.74 Å². The van der Waals surface area contributed by atoms with Gasteiger partial charge in [0.15, 0.2) is 0 Å². The molecule has 0 atom stereocenters. The highest BCUT2D eigenvalue weighted by atomic mass is 16.5. The zero-order valence-corrected chi connectivity index (χ0v) is 10.7. The van der Waals surface area contributed by atoms with E-state index >= 15 is 0 Å². The molecule has 0 fully saturated rings. The van der Waals surface area contributed by atoms with Crippen LogP contribution in [0.25, 0.3) is 0 Å². The van der Waals surface area contributed by atoms with Gasteiger partial charge in [-0.15, -0.1) is 0 Å². The summed E-state index contributed by atoms with van der Waals surface area (Å²) in [6, 6.07) is 13.1. The molecule has 0 unspecified atom stereocenters. The quantitative estimate of drug-likeness (QED) is 0.805. The smallest absolute Gasteiger partial charge is 0.131 e. The molecule has 0 saturated carbocycles. The molecule has 0 aliphatic heterocycles. The molecule has 4 N–H and O–H groups in total. The van der Waals surface area contributed by atoms with Crippen molar-refractivity contribution in [3.8, 4) is 11.5 Å². The first kappa shape index (κ1) is 12.3. The minimum atomic E-state index is 0.359. The topological polar surface area (TPSA) is 61.3 Å². The van der Waals surface area contributed by atoms with Gasteiger partial charge in [-0.2, -0.15) is 0 Å². The lowest BCUT2D eigenvalue weighted by Crippen LogP contribution is -1.96. The van der Waals surface area contributed by atoms with Gasteiger partial charge in [-0.3, -0.25) is 0 Å². The number of nitrogens with two attached hydrogens (primary N) is 2. The molecule has 0 heterocycles. The molecule has 3 nitrogen and oxygen atoms in total. The lowest BCUT2D eigenvalue weighted by Gasteiger charge is -2.14. The van der Waals surface area contributed by atoms with Crippen LogP contribution in [0.2, 0.25) is 0 Å². The summed E-state index contributed by atoms with van der Waals surface area (Å²) < 4.78 is 5.87. The minimum absolute atomic E-state index is 0.359. The Morgan fingerprint density at radius 3 is 2.11 bits per heavy atom. The first-order chi connectivity index (χ1) is 8.56. The molecule has 2 rings (SSSR count). The second-order valence-corrected chi connectivity index (χ2v) is 4.62. The van der Waals surface area contributed by atoms with Gasteiger partial charge in [-0.1, -0.05) is 13.8 Å². The molecule has 18 heavy (non-hydrogen) atoms. The Balaban J connectivity index is 2.31. The van der Waals surface area contributed by atoms with E-state index in [1.807, 2.05) is 42.5 Å². The van der Waals surface area contributed by atoms with Gasteiger partial charge < -0.3 is 16.2 Å². The molecule has 2 aromatic rings. The molecule has 0 bridgehead atoms. The first-order valence-electron chi connectivity index (χ1n) is 5.99. The molecule has 0 amide bonds. The van der Waals surface area contributed by atoms with Crippen LogP contribution in [0, 0.1) is 0 Å². The Hall–Kier alpha value is -2.16. The number of rotatable bonds is 3. The van der Waals surface area contributed by atoms with Crippen molar-refractivity contribution in [2.24, 2.45) is 0 Å². The number of hydrogen-bond donors (Lipinski definition) is 2. The second-order valence-electron chi connectivity index (χ2n) is 4.62. The normalized spacial score (nSPS) is 10.6. The summed E-state index contributed by atoms with van der Waals surface area (Å²) in [6.45, 7) is 4.23. The Morgan fingerprint density at radius 1 is 0.889 bits per heavy atom. The van der Waals surface area contributed by atoms with Crippen LogP contribution < -0.4 is 16.2 Å². The summed E-state index contributed by atoms with van der Waals surface area (Å²) in [4.78, 5) is 0. The van der Waals surface area contributed by atoms with Crippen LogP contribution in [-0.2, 0) is 0 Å². The standard InChI is InChI=1S/C15H18N2O/c1-10(2)14-9-12(17)5-8-15(14)18-13-6-3-11(16)4-7-13/h3-10H,16-17H2,1-2H3. The fraction of sp³-hybridized carbons (Fsp3) is 0.200. The van der Waals surface area contributed by atoms with Gasteiger partial charge >= 0.3 is 0 Å². The second kappa shape index (κ2) is 5.00. The van der Waals surface area contributed by atoms with Crippen LogP contribution in [-0.4, -0.2) is 0 Å². The molecular formula is C15H18N2O.